The van der Waals surface area contributed by atoms with Crippen molar-refractivity contribution in [1.29, 1.82) is 0 Å². The van der Waals surface area contributed by atoms with E-state index in [0.717, 1.165) is 24.8 Å². The molecule has 0 N–H and O–H groups in total. The van der Waals surface area contributed by atoms with Gasteiger partial charge >= 0.3 is 0 Å². The van der Waals surface area contributed by atoms with E-state index >= 15 is 0 Å². The van der Waals surface area contributed by atoms with Crippen LogP contribution in [0.1, 0.15) is 19.3 Å². The molecule has 6 nitrogen and oxygen atoms in total. The summed E-state index contributed by atoms with van der Waals surface area (Å²) in [5.41, 5.74) is 0.821. The van der Waals surface area contributed by atoms with Gasteiger partial charge in [-0.25, -0.2) is 8.42 Å². The number of allylic oxidation sites excluding steroid dienone is 1. The number of ether oxygens (including phenoxy) is 1. The SMILES string of the molecule is C=CCn1c(-c2ccccc2)nnc1S(=O)(=O)C[C@H]1CCCCO1. The highest BCUT2D eigenvalue weighted by molar-refractivity contribution is 7.91. The first kappa shape index (κ1) is 16.9. The maximum Gasteiger partial charge on any atom is 0.250 e. The quantitative estimate of drug-likeness (QED) is 0.751. The Morgan fingerprint density at radius 2 is 2.04 bits per heavy atom. The second-order valence-electron chi connectivity index (χ2n) is 5.84. The number of aromatic nitrogens is 3. The van der Waals surface area contributed by atoms with Gasteiger partial charge in [0.05, 0.1) is 11.9 Å². The molecule has 0 radical (unpaired) electrons. The van der Waals surface area contributed by atoms with Gasteiger partial charge in [0, 0.05) is 18.7 Å². The van der Waals surface area contributed by atoms with Gasteiger partial charge < -0.3 is 4.74 Å². The Kier molecular flexibility index (Phi) is 5.11. The zero-order valence-corrected chi connectivity index (χ0v) is 14.3. The van der Waals surface area contributed by atoms with Crippen molar-refractivity contribution in [2.45, 2.75) is 37.1 Å². The molecule has 2 aromatic rings. The van der Waals surface area contributed by atoms with Crippen LogP contribution in [0.25, 0.3) is 11.4 Å². The smallest absolute Gasteiger partial charge is 0.250 e. The summed E-state index contributed by atoms with van der Waals surface area (Å²) in [7, 11) is -3.58. The fraction of sp³-hybridized carbons (Fsp3) is 0.412. The van der Waals surface area contributed by atoms with Crippen LogP contribution in [-0.4, -0.2) is 41.6 Å². The molecule has 1 fully saturated rings. The highest BCUT2D eigenvalue weighted by atomic mass is 32.2. The fourth-order valence-electron chi connectivity index (χ4n) is 2.87. The van der Waals surface area contributed by atoms with Crippen LogP contribution in [-0.2, 0) is 21.1 Å². The summed E-state index contributed by atoms with van der Waals surface area (Å²) in [5, 5.41) is 8.06. The molecular weight excluding hydrogens is 326 g/mol. The molecule has 1 aliphatic heterocycles. The number of rotatable bonds is 6. The van der Waals surface area contributed by atoms with E-state index in [2.05, 4.69) is 16.8 Å². The lowest BCUT2D eigenvalue weighted by Crippen LogP contribution is -2.29. The number of hydrogen-bond donors (Lipinski definition) is 0. The largest absolute Gasteiger partial charge is 0.377 e. The molecule has 7 heteroatoms. The Morgan fingerprint density at radius 3 is 2.71 bits per heavy atom. The van der Waals surface area contributed by atoms with Crippen LogP contribution in [0.4, 0.5) is 0 Å². The molecule has 1 saturated heterocycles. The van der Waals surface area contributed by atoms with Gasteiger partial charge in [-0.15, -0.1) is 16.8 Å². The Morgan fingerprint density at radius 1 is 1.25 bits per heavy atom. The minimum Gasteiger partial charge on any atom is -0.377 e. The molecule has 128 valence electrons. The number of benzene rings is 1. The van der Waals surface area contributed by atoms with Crippen LogP contribution in [0.15, 0.2) is 48.1 Å². The topological polar surface area (TPSA) is 74.1 Å². The molecule has 3 rings (SSSR count). The van der Waals surface area contributed by atoms with E-state index in [4.69, 9.17) is 4.74 Å². The first-order chi connectivity index (χ1) is 11.6. The predicted octanol–water partition coefficient (Wildman–Crippen LogP) is 2.47. The lowest BCUT2D eigenvalue weighted by molar-refractivity contribution is 0.0304. The zero-order valence-electron chi connectivity index (χ0n) is 13.5. The molecule has 1 aromatic carbocycles. The molecule has 2 heterocycles. The van der Waals surface area contributed by atoms with Crippen LogP contribution < -0.4 is 0 Å². The molecule has 1 aliphatic rings. The second-order valence-corrected chi connectivity index (χ2v) is 7.77. The van der Waals surface area contributed by atoms with Crippen LogP contribution in [0.3, 0.4) is 0 Å². The average molecular weight is 347 g/mol. The first-order valence-corrected chi connectivity index (χ1v) is 9.71. The molecule has 24 heavy (non-hydrogen) atoms. The standard InChI is InChI=1S/C17H21N3O3S/c1-2-11-20-16(14-8-4-3-5-9-14)18-19-17(20)24(21,22)13-15-10-6-7-12-23-15/h2-5,8-9,15H,1,6-7,10-13H2/t15-/m1/s1. The van der Waals surface area contributed by atoms with E-state index in [0.29, 0.717) is 19.0 Å². The van der Waals surface area contributed by atoms with Crippen LogP contribution in [0, 0.1) is 0 Å². The fourth-order valence-corrected chi connectivity index (χ4v) is 4.43. The maximum atomic E-state index is 12.8. The Balaban J connectivity index is 1.95. The lowest BCUT2D eigenvalue weighted by atomic mass is 10.1. The molecule has 0 unspecified atom stereocenters. The van der Waals surface area contributed by atoms with Gasteiger partial charge in [-0.05, 0) is 19.3 Å². The van der Waals surface area contributed by atoms with E-state index in [9.17, 15) is 8.42 Å². The van der Waals surface area contributed by atoms with E-state index < -0.39 is 9.84 Å². The van der Waals surface area contributed by atoms with Gasteiger partial charge in [0.1, 0.15) is 0 Å². The van der Waals surface area contributed by atoms with Gasteiger partial charge in [0.15, 0.2) is 5.82 Å². The Hall–Kier alpha value is -1.99. The monoisotopic (exact) mass is 347 g/mol. The van der Waals surface area contributed by atoms with Crippen molar-refractivity contribution in [3.05, 3.63) is 43.0 Å². The van der Waals surface area contributed by atoms with Gasteiger partial charge in [-0.2, -0.15) is 0 Å². The first-order valence-electron chi connectivity index (χ1n) is 8.05. The van der Waals surface area contributed by atoms with Crippen molar-refractivity contribution in [3.8, 4) is 11.4 Å². The average Bonchev–Trinajstić information content (AvgIpc) is 3.01. The lowest BCUT2D eigenvalue weighted by Gasteiger charge is -2.22. The van der Waals surface area contributed by atoms with E-state index in [1.807, 2.05) is 30.3 Å². The van der Waals surface area contributed by atoms with Crippen LogP contribution in [0.5, 0.6) is 0 Å². The summed E-state index contributed by atoms with van der Waals surface area (Å²) in [6.45, 7) is 4.66. The van der Waals surface area contributed by atoms with Gasteiger partial charge in [0.2, 0.25) is 15.0 Å². The van der Waals surface area contributed by atoms with Crippen molar-refractivity contribution >= 4 is 9.84 Å². The number of sulfone groups is 1. The second kappa shape index (κ2) is 7.27. The summed E-state index contributed by atoms with van der Waals surface area (Å²) in [5.74, 6) is 0.468. The third-order valence-electron chi connectivity index (χ3n) is 4.02. The van der Waals surface area contributed by atoms with Gasteiger partial charge in [-0.1, -0.05) is 36.4 Å². The number of hydrogen-bond acceptors (Lipinski definition) is 5. The van der Waals surface area contributed by atoms with E-state index in [1.54, 1.807) is 10.6 Å². The Bertz CT molecular complexity index is 794. The van der Waals surface area contributed by atoms with Crippen molar-refractivity contribution in [2.24, 2.45) is 0 Å². The highest BCUT2D eigenvalue weighted by Gasteiger charge is 2.29. The van der Waals surface area contributed by atoms with Crippen molar-refractivity contribution in [2.75, 3.05) is 12.4 Å². The minimum absolute atomic E-state index is 0.0181. The molecule has 0 saturated carbocycles. The highest BCUT2D eigenvalue weighted by Crippen LogP contribution is 2.23. The normalized spacial score (nSPS) is 18.4. The predicted molar refractivity (Wildman–Crippen MR) is 91.3 cm³/mol. The van der Waals surface area contributed by atoms with Gasteiger partial charge in [-0.3, -0.25) is 4.57 Å². The summed E-state index contributed by atoms with van der Waals surface area (Å²) in [4.78, 5) is 0. The minimum atomic E-state index is -3.58. The summed E-state index contributed by atoms with van der Waals surface area (Å²) in [6, 6.07) is 9.42. The molecular formula is C17H21N3O3S. The summed E-state index contributed by atoms with van der Waals surface area (Å²) < 4.78 is 32.8. The molecule has 1 atom stereocenters. The van der Waals surface area contributed by atoms with Crippen molar-refractivity contribution in [1.82, 2.24) is 14.8 Å². The molecule has 0 bridgehead atoms. The van der Waals surface area contributed by atoms with Crippen molar-refractivity contribution in [3.63, 3.8) is 0 Å². The third kappa shape index (κ3) is 3.57. The van der Waals surface area contributed by atoms with Crippen LogP contribution in [0.2, 0.25) is 0 Å². The molecule has 0 amide bonds. The molecule has 0 aliphatic carbocycles. The van der Waals surface area contributed by atoms with E-state index in [-0.39, 0.29) is 17.0 Å². The van der Waals surface area contributed by atoms with Gasteiger partial charge in [0.25, 0.3) is 0 Å². The molecule has 0 spiro atoms. The van der Waals surface area contributed by atoms with Crippen molar-refractivity contribution < 1.29 is 13.2 Å². The summed E-state index contributed by atoms with van der Waals surface area (Å²) in [6.07, 6.45) is 4.13. The Labute approximate surface area is 142 Å². The van der Waals surface area contributed by atoms with E-state index in [1.165, 1.54) is 0 Å². The summed E-state index contributed by atoms with van der Waals surface area (Å²) >= 11 is 0. The zero-order chi connectivity index (χ0) is 17.0. The number of nitrogens with zero attached hydrogens (tertiary/aromatic N) is 3. The van der Waals surface area contributed by atoms with Crippen LogP contribution >= 0.6 is 0 Å². The maximum absolute atomic E-state index is 12.8. The molecule has 1 aromatic heterocycles. The third-order valence-corrected chi connectivity index (χ3v) is 5.69.